The molecule has 0 radical (unpaired) electrons. The number of halogens is 1. The van der Waals surface area contributed by atoms with Crippen LogP contribution in [0.3, 0.4) is 0 Å². The summed E-state index contributed by atoms with van der Waals surface area (Å²) in [5.74, 6) is -0.210. The minimum Gasteiger partial charge on any atom is -0.371 e. The highest BCUT2D eigenvalue weighted by molar-refractivity contribution is 9.10. The van der Waals surface area contributed by atoms with E-state index in [4.69, 9.17) is 4.74 Å². The predicted octanol–water partition coefficient (Wildman–Crippen LogP) is 2.94. The van der Waals surface area contributed by atoms with Crippen molar-refractivity contribution in [3.8, 4) is 5.69 Å². The van der Waals surface area contributed by atoms with Crippen LogP contribution in [0.4, 0.5) is 5.69 Å². The van der Waals surface area contributed by atoms with Gasteiger partial charge in [-0.25, -0.2) is 9.67 Å². The number of morpholine rings is 1. The third kappa shape index (κ3) is 4.24. The average Bonchev–Trinajstić information content (AvgIpc) is 3.20. The number of hydrogen-bond donors (Lipinski definition) is 2. The second-order valence-corrected chi connectivity index (χ2v) is 6.96. The molecule has 3 heterocycles. The molecule has 0 aliphatic carbocycles. The number of rotatable bonds is 4. The van der Waals surface area contributed by atoms with Crippen molar-refractivity contribution < 1.29 is 9.53 Å². The average molecular weight is 428 g/mol. The summed E-state index contributed by atoms with van der Waals surface area (Å²) in [6.45, 7) is 2.39. The van der Waals surface area contributed by atoms with E-state index in [9.17, 15) is 4.79 Å². The second-order valence-electron chi connectivity index (χ2n) is 6.15. The molecule has 27 heavy (non-hydrogen) atoms. The lowest BCUT2D eigenvalue weighted by atomic mass is 10.1. The Morgan fingerprint density at radius 3 is 2.89 bits per heavy atom. The third-order valence-electron chi connectivity index (χ3n) is 4.29. The van der Waals surface area contributed by atoms with Crippen LogP contribution in [-0.4, -0.2) is 40.4 Å². The molecule has 1 saturated heterocycles. The van der Waals surface area contributed by atoms with Crippen LogP contribution in [0, 0.1) is 0 Å². The molecule has 1 fully saturated rings. The molecule has 138 valence electrons. The highest BCUT2D eigenvalue weighted by atomic mass is 79.9. The van der Waals surface area contributed by atoms with Gasteiger partial charge >= 0.3 is 0 Å². The van der Waals surface area contributed by atoms with Gasteiger partial charge < -0.3 is 15.4 Å². The largest absolute Gasteiger partial charge is 0.371 e. The summed E-state index contributed by atoms with van der Waals surface area (Å²) in [6, 6.07) is 11.4. The fraction of sp³-hybridized carbons (Fsp3) is 0.211. The van der Waals surface area contributed by atoms with E-state index in [0.717, 1.165) is 30.0 Å². The van der Waals surface area contributed by atoms with Crippen molar-refractivity contribution in [3.63, 3.8) is 0 Å². The first-order valence-electron chi connectivity index (χ1n) is 8.59. The van der Waals surface area contributed by atoms with E-state index >= 15 is 0 Å². The van der Waals surface area contributed by atoms with Gasteiger partial charge in [0.05, 0.1) is 30.2 Å². The van der Waals surface area contributed by atoms with E-state index in [2.05, 4.69) is 36.6 Å². The Morgan fingerprint density at radius 1 is 1.30 bits per heavy atom. The Bertz CT molecular complexity index is 935. The number of anilines is 1. The molecule has 1 amide bonds. The van der Waals surface area contributed by atoms with Gasteiger partial charge in [-0.05, 0) is 45.8 Å². The van der Waals surface area contributed by atoms with Crippen molar-refractivity contribution in [2.24, 2.45) is 0 Å². The Balaban J connectivity index is 1.43. The summed E-state index contributed by atoms with van der Waals surface area (Å²) < 4.78 is 8.08. The zero-order valence-electron chi connectivity index (χ0n) is 14.4. The highest BCUT2D eigenvalue weighted by Gasteiger charge is 2.16. The molecule has 0 saturated carbocycles. The van der Waals surface area contributed by atoms with Crippen LogP contribution >= 0.6 is 15.9 Å². The van der Waals surface area contributed by atoms with Gasteiger partial charge in [0.1, 0.15) is 4.60 Å². The van der Waals surface area contributed by atoms with E-state index in [-0.39, 0.29) is 12.0 Å². The summed E-state index contributed by atoms with van der Waals surface area (Å²) in [6.07, 6.45) is 4.96. The van der Waals surface area contributed by atoms with Gasteiger partial charge in [0.25, 0.3) is 5.91 Å². The maximum atomic E-state index is 12.5. The van der Waals surface area contributed by atoms with E-state index < -0.39 is 0 Å². The summed E-state index contributed by atoms with van der Waals surface area (Å²) in [5, 5.41) is 10.5. The smallest absolute Gasteiger partial charge is 0.258 e. The first-order valence-corrected chi connectivity index (χ1v) is 9.38. The van der Waals surface area contributed by atoms with Crippen LogP contribution in [0.15, 0.2) is 59.6 Å². The van der Waals surface area contributed by atoms with Gasteiger partial charge in [0.2, 0.25) is 0 Å². The molecule has 3 aromatic rings. The Morgan fingerprint density at radius 2 is 2.15 bits per heavy atom. The Labute approximate surface area is 164 Å². The van der Waals surface area contributed by atoms with E-state index in [1.54, 1.807) is 23.3 Å². The van der Waals surface area contributed by atoms with Gasteiger partial charge in [-0.15, -0.1) is 0 Å². The van der Waals surface area contributed by atoms with Crippen molar-refractivity contribution in [2.75, 3.05) is 25.0 Å². The quantitative estimate of drug-likeness (QED) is 0.625. The van der Waals surface area contributed by atoms with Crippen molar-refractivity contribution >= 4 is 27.5 Å². The molecule has 1 aromatic carbocycles. The number of nitrogens with zero attached hydrogens (tertiary/aromatic N) is 3. The van der Waals surface area contributed by atoms with Crippen LogP contribution in [-0.2, 0) is 4.74 Å². The highest BCUT2D eigenvalue weighted by Crippen LogP contribution is 2.21. The second kappa shape index (κ2) is 7.99. The molecule has 1 atom stereocenters. The van der Waals surface area contributed by atoms with Crippen molar-refractivity contribution in [1.29, 1.82) is 0 Å². The van der Waals surface area contributed by atoms with Crippen LogP contribution in [0.2, 0.25) is 0 Å². The van der Waals surface area contributed by atoms with E-state index in [1.165, 1.54) is 0 Å². The molecule has 2 N–H and O–H groups in total. The van der Waals surface area contributed by atoms with Crippen LogP contribution < -0.4 is 10.6 Å². The Kier molecular flexibility index (Phi) is 5.28. The number of carbonyl (C=O) groups excluding carboxylic acids is 1. The number of hydrogen-bond acceptors (Lipinski definition) is 5. The molecule has 2 aromatic heterocycles. The molecule has 7 nitrogen and oxygen atoms in total. The van der Waals surface area contributed by atoms with Crippen LogP contribution in [0.1, 0.15) is 22.0 Å². The Hall–Kier alpha value is -2.55. The van der Waals surface area contributed by atoms with Crippen molar-refractivity contribution in [3.05, 3.63) is 70.7 Å². The number of nitrogens with one attached hydrogen (secondary N) is 2. The molecular formula is C19H18BrN5O2. The molecule has 4 rings (SSSR count). The summed E-state index contributed by atoms with van der Waals surface area (Å²) in [4.78, 5) is 16.6. The van der Waals surface area contributed by atoms with Crippen LogP contribution in [0.25, 0.3) is 5.69 Å². The molecular weight excluding hydrogens is 410 g/mol. The molecule has 0 bridgehead atoms. The topological polar surface area (TPSA) is 81.1 Å². The first kappa shape index (κ1) is 17.8. The lowest BCUT2D eigenvalue weighted by molar-refractivity contribution is 0.0277. The van der Waals surface area contributed by atoms with E-state index in [0.29, 0.717) is 16.8 Å². The number of benzene rings is 1. The minimum absolute atomic E-state index is 0.0569. The summed E-state index contributed by atoms with van der Waals surface area (Å²) in [7, 11) is 0. The molecule has 0 spiro atoms. The minimum atomic E-state index is -0.210. The van der Waals surface area contributed by atoms with Crippen LogP contribution in [0.5, 0.6) is 0 Å². The number of amides is 1. The van der Waals surface area contributed by atoms with Crippen molar-refractivity contribution in [2.45, 2.75) is 6.10 Å². The molecule has 1 unspecified atom stereocenters. The fourth-order valence-corrected chi connectivity index (χ4v) is 3.23. The van der Waals surface area contributed by atoms with Gasteiger partial charge in [-0.2, -0.15) is 5.10 Å². The lowest BCUT2D eigenvalue weighted by Crippen LogP contribution is -2.33. The zero-order chi connectivity index (χ0) is 18.6. The van der Waals surface area contributed by atoms with Gasteiger partial charge in [-0.1, -0.05) is 12.1 Å². The van der Waals surface area contributed by atoms with Gasteiger partial charge in [0.15, 0.2) is 0 Å². The van der Waals surface area contributed by atoms with E-state index in [1.807, 2.05) is 36.4 Å². The summed E-state index contributed by atoms with van der Waals surface area (Å²) in [5.41, 5.74) is 3.12. The zero-order valence-corrected chi connectivity index (χ0v) is 16.0. The normalized spacial score (nSPS) is 16.9. The van der Waals surface area contributed by atoms with Gasteiger partial charge in [-0.3, -0.25) is 4.79 Å². The molecule has 8 heteroatoms. The number of carbonyl (C=O) groups is 1. The maximum absolute atomic E-state index is 12.5. The fourth-order valence-electron chi connectivity index (χ4n) is 2.88. The summed E-state index contributed by atoms with van der Waals surface area (Å²) >= 11 is 3.33. The number of ether oxygens (including phenoxy) is 1. The SMILES string of the molecule is O=C(Nc1ccc(C2CNCCO2)cc1)c1cnn(-c2ccnc(Br)c2)c1. The number of pyridine rings is 1. The standard InChI is InChI=1S/C19H18BrN5O2/c20-18-9-16(5-6-22-18)25-12-14(10-23-25)19(26)24-15-3-1-13(2-4-15)17-11-21-7-8-27-17/h1-6,9-10,12,17,21H,7-8,11H2,(H,24,26). The monoisotopic (exact) mass is 427 g/mol. The third-order valence-corrected chi connectivity index (χ3v) is 4.72. The molecule has 1 aliphatic heterocycles. The predicted molar refractivity (Wildman–Crippen MR) is 105 cm³/mol. The lowest BCUT2D eigenvalue weighted by Gasteiger charge is -2.24. The van der Waals surface area contributed by atoms with Gasteiger partial charge in [0, 0.05) is 31.2 Å². The number of aromatic nitrogens is 3. The van der Waals surface area contributed by atoms with Crippen molar-refractivity contribution in [1.82, 2.24) is 20.1 Å². The first-order chi connectivity index (χ1) is 13.2. The maximum Gasteiger partial charge on any atom is 0.258 e. The molecule has 1 aliphatic rings.